The van der Waals surface area contributed by atoms with Crippen LogP contribution in [0.5, 0.6) is 0 Å². The summed E-state index contributed by atoms with van der Waals surface area (Å²) in [6.07, 6.45) is 4.07. The quantitative estimate of drug-likeness (QED) is 0.543. The van der Waals surface area contributed by atoms with Gasteiger partial charge < -0.3 is 0 Å². The van der Waals surface area contributed by atoms with E-state index >= 15 is 0 Å². The molecule has 0 saturated carbocycles. The normalized spacial score (nSPS) is 13.7. The predicted octanol–water partition coefficient (Wildman–Crippen LogP) is 0.702. The third-order valence-corrected chi connectivity index (χ3v) is 5.03. The molecule has 0 radical (unpaired) electrons. The zero-order valence-corrected chi connectivity index (χ0v) is 12.7. The highest BCUT2D eigenvalue weighted by Gasteiger charge is 2.17. The van der Waals surface area contributed by atoms with Crippen molar-refractivity contribution in [1.82, 2.24) is 15.2 Å². The lowest BCUT2D eigenvalue weighted by Gasteiger charge is -2.15. The Morgan fingerprint density at radius 3 is 2.68 bits per heavy atom. The molecule has 0 bridgehead atoms. The topological polar surface area (TPSA) is 90.0 Å². The van der Waals surface area contributed by atoms with Crippen molar-refractivity contribution in [2.75, 3.05) is 11.5 Å². The minimum absolute atomic E-state index is 0.0456. The zero-order chi connectivity index (χ0) is 14.5. The maximum absolute atomic E-state index is 11.5. The van der Waals surface area contributed by atoms with E-state index in [4.69, 9.17) is 5.84 Å². The molecule has 3 N–H and O–H groups in total. The third-order valence-electron chi connectivity index (χ3n) is 3.24. The molecule has 0 fully saturated rings. The molecule has 7 heteroatoms. The summed E-state index contributed by atoms with van der Waals surface area (Å²) >= 11 is 0. The van der Waals surface area contributed by atoms with E-state index < -0.39 is 9.84 Å². The Kier molecular flexibility index (Phi) is 5.96. The van der Waals surface area contributed by atoms with Crippen molar-refractivity contribution in [3.8, 4) is 0 Å². The fourth-order valence-electron chi connectivity index (χ4n) is 2.10. The number of nitrogens with two attached hydrogens (primary N) is 1. The molecule has 0 aromatic carbocycles. The first-order valence-corrected chi connectivity index (χ1v) is 8.44. The van der Waals surface area contributed by atoms with E-state index in [2.05, 4.69) is 10.5 Å². The van der Waals surface area contributed by atoms with E-state index in [1.807, 2.05) is 20.2 Å². The Labute approximate surface area is 115 Å². The Balaban J connectivity index is 2.68. The van der Waals surface area contributed by atoms with Crippen molar-refractivity contribution in [2.24, 2.45) is 12.9 Å². The van der Waals surface area contributed by atoms with Crippen molar-refractivity contribution < 1.29 is 8.42 Å². The largest absolute Gasteiger partial charge is 0.275 e. The van der Waals surface area contributed by atoms with Crippen molar-refractivity contribution >= 4 is 9.84 Å². The Hall–Kier alpha value is -0.920. The number of hydrazine groups is 1. The number of rotatable bonds is 8. The molecule has 0 saturated heterocycles. The summed E-state index contributed by atoms with van der Waals surface area (Å²) in [5.41, 5.74) is 4.82. The smallest absolute Gasteiger partial charge is 0.150 e. The molecular weight excluding hydrogens is 264 g/mol. The third kappa shape index (κ3) is 4.59. The molecule has 0 aliphatic heterocycles. The van der Waals surface area contributed by atoms with Crippen LogP contribution in [-0.2, 0) is 23.3 Å². The highest BCUT2D eigenvalue weighted by Crippen LogP contribution is 2.21. The van der Waals surface area contributed by atoms with Crippen LogP contribution in [0.2, 0.25) is 0 Å². The second kappa shape index (κ2) is 7.02. The van der Waals surface area contributed by atoms with E-state index in [1.54, 1.807) is 11.6 Å². The number of nitrogens with one attached hydrogen (secondary N) is 1. The van der Waals surface area contributed by atoms with E-state index in [0.717, 1.165) is 17.7 Å². The average molecular weight is 288 g/mol. The fourth-order valence-corrected chi connectivity index (χ4v) is 2.99. The summed E-state index contributed by atoms with van der Waals surface area (Å²) in [6, 6.07) is -0.0456. The summed E-state index contributed by atoms with van der Waals surface area (Å²) in [5, 5.41) is 4.37. The zero-order valence-electron chi connectivity index (χ0n) is 11.9. The monoisotopic (exact) mass is 288 g/mol. The van der Waals surface area contributed by atoms with Crippen molar-refractivity contribution in [1.29, 1.82) is 0 Å². The van der Waals surface area contributed by atoms with Gasteiger partial charge >= 0.3 is 0 Å². The lowest BCUT2D eigenvalue weighted by molar-refractivity contribution is 0.504. The van der Waals surface area contributed by atoms with Gasteiger partial charge in [0.1, 0.15) is 9.84 Å². The second-order valence-corrected chi connectivity index (χ2v) is 7.13. The van der Waals surface area contributed by atoms with Gasteiger partial charge in [-0.05, 0) is 19.3 Å². The minimum Gasteiger partial charge on any atom is -0.275 e. The standard InChI is InChI=1S/C12H24N4O2S/c1-4-11-10(9-16(3)15-11)12(14-13)7-6-8-19(17,18)5-2/h9,12,14H,4-8,13H2,1-3H3. The maximum atomic E-state index is 11.5. The Morgan fingerprint density at radius 1 is 1.47 bits per heavy atom. The molecule has 0 spiro atoms. The molecule has 1 heterocycles. The predicted molar refractivity (Wildman–Crippen MR) is 76.2 cm³/mol. The Morgan fingerprint density at radius 2 is 2.16 bits per heavy atom. The minimum atomic E-state index is -2.91. The van der Waals surface area contributed by atoms with Crippen LogP contribution in [0, 0.1) is 0 Å². The number of sulfone groups is 1. The van der Waals surface area contributed by atoms with Crippen LogP contribution in [0.4, 0.5) is 0 Å². The SMILES string of the molecule is CCc1nn(C)cc1C(CCCS(=O)(=O)CC)NN. The van der Waals surface area contributed by atoms with E-state index in [-0.39, 0.29) is 17.5 Å². The lowest BCUT2D eigenvalue weighted by Crippen LogP contribution is -2.29. The summed E-state index contributed by atoms with van der Waals surface area (Å²) in [7, 11) is -1.03. The van der Waals surface area contributed by atoms with Crippen LogP contribution in [-0.4, -0.2) is 29.7 Å². The first-order chi connectivity index (χ1) is 8.93. The Bertz CT molecular complexity index is 496. The number of nitrogens with zero attached hydrogens (tertiary/aromatic N) is 2. The highest BCUT2D eigenvalue weighted by molar-refractivity contribution is 7.91. The number of hydrogen-bond acceptors (Lipinski definition) is 5. The molecule has 0 aliphatic rings. The number of aromatic nitrogens is 2. The molecule has 1 aromatic heterocycles. The van der Waals surface area contributed by atoms with E-state index in [1.165, 1.54) is 0 Å². The van der Waals surface area contributed by atoms with Crippen molar-refractivity contribution in [2.45, 2.75) is 39.2 Å². The van der Waals surface area contributed by atoms with Gasteiger partial charge in [0.2, 0.25) is 0 Å². The highest BCUT2D eigenvalue weighted by atomic mass is 32.2. The van der Waals surface area contributed by atoms with Crippen LogP contribution in [0.25, 0.3) is 0 Å². The van der Waals surface area contributed by atoms with Gasteiger partial charge in [0.05, 0.1) is 11.4 Å². The first kappa shape index (κ1) is 16.1. The molecule has 0 aliphatic carbocycles. The molecule has 1 aromatic rings. The summed E-state index contributed by atoms with van der Waals surface area (Å²) in [6.45, 7) is 3.71. The van der Waals surface area contributed by atoms with Crippen LogP contribution in [0.3, 0.4) is 0 Å². The van der Waals surface area contributed by atoms with Crippen LogP contribution >= 0.6 is 0 Å². The van der Waals surface area contributed by atoms with Gasteiger partial charge in [-0.1, -0.05) is 13.8 Å². The fraction of sp³-hybridized carbons (Fsp3) is 0.750. The van der Waals surface area contributed by atoms with Crippen molar-refractivity contribution in [3.63, 3.8) is 0 Å². The summed E-state index contributed by atoms with van der Waals surface area (Å²) in [5.74, 6) is 5.99. The molecule has 110 valence electrons. The van der Waals surface area contributed by atoms with Gasteiger partial charge in [-0.15, -0.1) is 0 Å². The van der Waals surface area contributed by atoms with Gasteiger partial charge in [-0.3, -0.25) is 16.0 Å². The lowest BCUT2D eigenvalue weighted by atomic mass is 10.0. The molecular formula is C12H24N4O2S. The maximum Gasteiger partial charge on any atom is 0.150 e. The molecule has 19 heavy (non-hydrogen) atoms. The summed E-state index contributed by atoms with van der Waals surface area (Å²) in [4.78, 5) is 0. The molecule has 1 atom stereocenters. The van der Waals surface area contributed by atoms with Gasteiger partial charge in [0, 0.05) is 30.6 Å². The molecule has 6 nitrogen and oxygen atoms in total. The van der Waals surface area contributed by atoms with Gasteiger partial charge in [0.15, 0.2) is 0 Å². The second-order valence-electron chi connectivity index (χ2n) is 4.66. The van der Waals surface area contributed by atoms with E-state index in [0.29, 0.717) is 12.8 Å². The molecule has 0 amide bonds. The average Bonchev–Trinajstić information content (AvgIpc) is 2.75. The van der Waals surface area contributed by atoms with Gasteiger partial charge in [-0.2, -0.15) is 5.10 Å². The number of hydrogen-bond donors (Lipinski definition) is 2. The van der Waals surface area contributed by atoms with Crippen LogP contribution < -0.4 is 11.3 Å². The van der Waals surface area contributed by atoms with Crippen LogP contribution in [0.1, 0.15) is 44.0 Å². The molecule has 1 unspecified atom stereocenters. The molecule has 1 rings (SSSR count). The summed E-state index contributed by atoms with van der Waals surface area (Å²) < 4.78 is 24.7. The first-order valence-electron chi connectivity index (χ1n) is 6.62. The van der Waals surface area contributed by atoms with E-state index in [9.17, 15) is 8.42 Å². The van der Waals surface area contributed by atoms with Crippen molar-refractivity contribution in [3.05, 3.63) is 17.5 Å². The van der Waals surface area contributed by atoms with Gasteiger partial charge in [0.25, 0.3) is 0 Å². The van der Waals surface area contributed by atoms with Crippen LogP contribution in [0.15, 0.2) is 6.20 Å². The number of aryl methyl sites for hydroxylation is 2. The van der Waals surface area contributed by atoms with Gasteiger partial charge in [-0.25, -0.2) is 8.42 Å².